The highest BCUT2D eigenvalue weighted by Crippen LogP contribution is 2.43. The summed E-state index contributed by atoms with van der Waals surface area (Å²) in [6, 6.07) is 14.8. The zero-order valence-electron chi connectivity index (χ0n) is 19.7. The molecule has 2 nitrogen and oxygen atoms in total. The van der Waals surface area contributed by atoms with E-state index in [0.717, 1.165) is 66.1 Å². The molecule has 0 fully saturated rings. The second-order valence-corrected chi connectivity index (χ2v) is 7.95. The Balaban J connectivity index is 2.25. The van der Waals surface area contributed by atoms with Gasteiger partial charge in [0.05, 0.1) is 12.5 Å². The molecule has 2 heteroatoms. The van der Waals surface area contributed by atoms with Crippen LogP contribution in [-0.2, 0) is 0 Å². The van der Waals surface area contributed by atoms with Crippen LogP contribution in [0.15, 0.2) is 90.9 Å². The van der Waals surface area contributed by atoms with Crippen molar-refractivity contribution in [1.29, 1.82) is 5.26 Å². The van der Waals surface area contributed by atoms with Gasteiger partial charge in [-0.25, -0.2) is 0 Å². The van der Waals surface area contributed by atoms with Gasteiger partial charge in [0.15, 0.2) is 0 Å². The van der Waals surface area contributed by atoms with Crippen LogP contribution in [0.1, 0.15) is 42.5 Å². The predicted octanol–water partition coefficient (Wildman–Crippen LogP) is 9.49. The lowest BCUT2D eigenvalue weighted by Crippen LogP contribution is -1.93. The molecule has 3 aromatic carbocycles. The van der Waals surface area contributed by atoms with E-state index in [1.807, 2.05) is 38.2 Å². The van der Waals surface area contributed by atoms with Gasteiger partial charge in [-0.15, -0.1) is 0 Å². The Labute approximate surface area is 200 Å². The number of fused-ring (bicyclic) bond motifs is 5. The van der Waals surface area contributed by atoms with Gasteiger partial charge < -0.3 is 4.42 Å². The molecule has 166 valence electrons. The maximum Gasteiger partial charge on any atom is 0.136 e. The van der Waals surface area contributed by atoms with Gasteiger partial charge in [-0.05, 0) is 70.2 Å². The number of hydrogen-bond donors (Lipinski definition) is 0. The van der Waals surface area contributed by atoms with E-state index >= 15 is 0 Å². The summed E-state index contributed by atoms with van der Waals surface area (Å²) in [6.45, 7) is 16.2. The van der Waals surface area contributed by atoms with Crippen LogP contribution in [-0.4, -0.2) is 0 Å². The van der Waals surface area contributed by atoms with Gasteiger partial charge in [0, 0.05) is 10.8 Å². The highest BCUT2D eigenvalue weighted by Gasteiger charge is 2.20. The third kappa shape index (κ3) is 3.62. The molecule has 1 aromatic heterocycles. The zero-order chi connectivity index (χ0) is 24.2. The van der Waals surface area contributed by atoms with Crippen LogP contribution in [0.3, 0.4) is 0 Å². The van der Waals surface area contributed by atoms with Crippen molar-refractivity contribution in [2.75, 3.05) is 0 Å². The first-order chi connectivity index (χ1) is 16.6. The van der Waals surface area contributed by atoms with Gasteiger partial charge >= 0.3 is 0 Å². The van der Waals surface area contributed by atoms with Crippen molar-refractivity contribution < 1.29 is 4.42 Å². The van der Waals surface area contributed by atoms with E-state index in [9.17, 15) is 0 Å². The SMILES string of the molecule is C=C/C(=C\CC#N)c1cc2oc3cc(/C(C=C)=C/C)c4ccccc4c3c2c(C=C)c1/C=C\C. The monoisotopic (exact) mass is 441 g/mol. The smallest absolute Gasteiger partial charge is 0.136 e. The standard InChI is InChI=1S/C32H27NO/c1-6-14-24-23(10-5)31-29(20-28(24)22(9-4)15-13-18-33)34-30-19-27(21(7-2)8-3)25-16-11-12-17-26(25)32(30)31/h6-12,14-17,19-20H,2,4-5,13H2,1,3H3/b14-6-,21-8+,22-15+. The first kappa shape index (κ1) is 22.8. The van der Waals surface area contributed by atoms with Crippen molar-refractivity contribution in [2.45, 2.75) is 20.3 Å². The Bertz CT molecular complexity index is 1600. The van der Waals surface area contributed by atoms with Crippen molar-refractivity contribution in [3.8, 4) is 6.07 Å². The summed E-state index contributed by atoms with van der Waals surface area (Å²) in [5.41, 5.74) is 7.65. The molecule has 4 aromatic rings. The van der Waals surface area contributed by atoms with Gasteiger partial charge in [0.1, 0.15) is 11.2 Å². The lowest BCUT2D eigenvalue weighted by atomic mass is 9.89. The maximum absolute atomic E-state index is 9.12. The van der Waals surface area contributed by atoms with Crippen LogP contribution in [0.25, 0.3) is 56.0 Å². The number of allylic oxidation sites excluding steroid dienone is 7. The molecular weight excluding hydrogens is 414 g/mol. The third-order valence-electron chi connectivity index (χ3n) is 6.17. The van der Waals surface area contributed by atoms with Gasteiger partial charge in [0.2, 0.25) is 0 Å². The molecule has 0 radical (unpaired) electrons. The molecule has 0 N–H and O–H groups in total. The fourth-order valence-electron chi connectivity index (χ4n) is 4.72. The van der Waals surface area contributed by atoms with Gasteiger partial charge in [0.25, 0.3) is 0 Å². The molecule has 0 aliphatic carbocycles. The van der Waals surface area contributed by atoms with Crippen molar-refractivity contribution >= 4 is 56.0 Å². The van der Waals surface area contributed by atoms with Crippen molar-refractivity contribution in [2.24, 2.45) is 0 Å². The molecule has 0 unspecified atom stereocenters. The first-order valence-corrected chi connectivity index (χ1v) is 11.3. The Kier molecular flexibility index (Phi) is 6.48. The number of nitrogens with zero attached hydrogens (tertiary/aromatic N) is 1. The topological polar surface area (TPSA) is 36.9 Å². The minimum absolute atomic E-state index is 0.305. The molecule has 4 rings (SSSR count). The Morgan fingerprint density at radius 2 is 1.59 bits per heavy atom. The highest BCUT2D eigenvalue weighted by molar-refractivity contribution is 6.23. The molecule has 34 heavy (non-hydrogen) atoms. The second kappa shape index (κ2) is 9.65. The molecule has 0 saturated carbocycles. The van der Waals surface area contributed by atoms with Crippen LogP contribution < -0.4 is 0 Å². The van der Waals surface area contributed by atoms with Gasteiger partial charge in [-0.1, -0.05) is 86.5 Å². The van der Waals surface area contributed by atoms with Gasteiger partial charge in [-0.3, -0.25) is 0 Å². The third-order valence-corrected chi connectivity index (χ3v) is 6.17. The van der Waals surface area contributed by atoms with Gasteiger partial charge in [-0.2, -0.15) is 5.26 Å². The molecule has 1 heterocycles. The van der Waals surface area contributed by atoms with E-state index in [-0.39, 0.29) is 0 Å². The quantitative estimate of drug-likeness (QED) is 0.268. The summed E-state index contributed by atoms with van der Waals surface area (Å²) in [5.74, 6) is 0. The van der Waals surface area contributed by atoms with E-state index in [0.29, 0.717) is 6.42 Å². The maximum atomic E-state index is 9.12. The molecule has 0 aliphatic heterocycles. The summed E-state index contributed by atoms with van der Waals surface area (Å²) in [7, 11) is 0. The minimum atomic E-state index is 0.305. The van der Waals surface area contributed by atoms with E-state index in [4.69, 9.17) is 9.68 Å². The summed E-state index contributed by atoms with van der Waals surface area (Å²) in [6.07, 6.45) is 13.9. The molecule has 0 aliphatic rings. The average molecular weight is 442 g/mol. The van der Waals surface area contributed by atoms with Crippen LogP contribution in [0.4, 0.5) is 0 Å². The normalized spacial score (nSPS) is 12.5. The van der Waals surface area contributed by atoms with Crippen molar-refractivity contribution in [3.05, 3.63) is 109 Å². The molecule has 0 spiro atoms. The molecule has 0 bridgehead atoms. The summed E-state index contributed by atoms with van der Waals surface area (Å²) < 4.78 is 6.50. The molecule has 0 atom stereocenters. The second-order valence-electron chi connectivity index (χ2n) is 7.95. The fourth-order valence-corrected chi connectivity index (χ4v) is 4.72. The number of rotatable bonds is 7. The number of hydrogen-bond acceptors (Lipinski definition) is 2. The van der Waals surface area contributed by atoms with E-state index in [2.05, 4.69) is 74.4 Å². The fraction of sp³-hybridized carbons (Fsp3) is 0.0938. The van der Waals surface area contributed by atoms with Crippen molar-refractivity contribution in [3.63, 3.8) is 0 Å². The van der Waals surface area contributed by atoms with E-state index in [1.54, 1.807) is 6.08 Å². The number of benzene rings is 3. The lowest BCUT2D eigenvalue weighted by Gasteiger charge is -2.13. The number of furan rings is 1. The first-order valence-electron chi connectivity index (χ1n) is 11.3. The highest BCUT2D eigenvalue weighted by atomic mass is 16.3. The zero-order valence-corrected chi connectivity index (χ0v) is 19.7. The van der Waals surface area contributed by atoms with Crippen LogP contribution in [0.5, 0.6) is 0 Å². The lowest BCUT2D eigenvalue weighted by molar-refractivity contribution is 0.669. The minimum Gasteiger partial charge on any atom is -0.456 e. The molecule has 0 amide bonds. The molecule has 0 saturated heterocycles. The van der Waals surface area contributed by atoms with E-state index in [1.165, 1.54) is 0 Å². The van der Waals surface area contributed by atoms with Crippen LogP contribution in [0.2, 0.25) is 0 Å². The van der Waals surface area contributed by atoms with Crippen molar-refractivity contribution in [1.82, 2.24) is 0 Å². The molecular formula is C32H27NO. The Morgan fingerprint density at radius 3 is 2.21 bits per heavy atom. The largest absolute Gasteiger partial charge is 0.456 e. The summed E-state index contributed by atoms with van der Waals surface area (Å²) >= 11 is 0. The number of nitriles is 1. The van der Waals surface area contributed by atoms with Crippen LogP contribution >= 0.6 is 0 Å². The Hall–Kier alpha value is -4.35. The Morgan fingerprint density at radius 1 is 0.912 bits per heavy atom. The van der Waals surface area contributed by atoms with Crippen LogP contribution in [0, 0.1) is 11.3 Å². The average Bonchev–Trinajstić information content (AvgIpc) is 3.23. The summed E-state index contributed by atoms with van der Waals surface area (Å²) in [4.78, 5) is 0. The summed E-state index contributed by atoms with van der Waals surface area (Å²) in [5, 5.41) is 13.5. The van der Waals surface area contributed by atoms with E-state index < -0.39 is 0 Å². The predicted molar refractivity (Wildman–Crippen MR) is 148 cm³/mol.